The highest BCUT2D eigenvalue weighted by atomic mass is 16.2. The van der Waals surface area contributed by atoms with Crippen LogP contribution in [-0.2, 0) is 20.8 Å². The molecule has 1 aromatic heterocycles. The van der Waals surface area contributed by atoms with Gasteiger partial charge in [-0.3, -0.25) is 24.7 Å². The Morgan fingerprint density at radius 3 is 2.85 bits per heavy atom. The van der Waals surface area contributed by atoms with E-state index in [9.17, 15) is 14.4 Å². The van der Waals surface area contributed by atoms with E-state index in [1.165, 1.54) is 11.1 Å². The number of aromatic nitrogens is 1. The molecule has 1 unspecified atom stereocenters. The molecule has 0 bridgehead atoms. The van der Waals surface area contributed by atoms with Crippen LogP contribution in [-0.4, -0.2) is 40.2 Å². The average molecular weight is 276 g/mol. The van der Waals surface area contributed by atoms with E-state index < -0.39 is 17.9 Å². The summed E-state index contributed by atoms with van der Waals surface area (Å²) in [6, 6.07) is 2.70. The summed E-state index contributed by atoms with van der Waals surface area (Å²) < 4.78 is 0. The van der Waals surface area contributed by atoms with Crippen LogP contribution in [0.4, 0.5) is 5.69 Å². The van der Waals surface area contributed by atoms with Crippen molar-refractivity contribution in [2.45, 2.75) is 25.8 Å². The van der Waals surface area contributed by atoms with Crippen LogP contribution in [0, 0.1) is 0 Å². The van der Waals surface area contributed by atoms with Crippen LogP contribution >= 0.6 is 0 Å². The van der Waals surface area contributed by atoms with Crippen molar-refractivity contribution in [3.8, 4) is 0 Å². The Morgan fingerprint density at radius 2 is 2.25 bits per heavy atom. The van der Waals surface area contributed by atoms with Crippen molar-refractivity contribution in [3.63, 3.8) is 0 Å². The Hall–Kier alpha value is -2.44. The molecule has 1 saturated heterocycles. The highest BCUT2D eigenvalue weighted by molar-refractivity contribution is 6.04. The smallest absolute Gasteiger partial charge is 0.249 e. The molecule has 0 radical (unpaired) electrons. The number of rotatable bonds is 3. The number of piperazine rings is 1. The topological polar surface area (TPSA) is 105 Å². The van der Waals surface area contributed by atoms with Gasteiger partial charge in [0.1, 0.15) is 12.6 Å². The molecule has 2 rings (SSSR count). The lowest BCUT2D eigenvalue weighted by atomic mass is 10.1. The maximum atomic E-state index is 12.2. The summed E-state index contributed by atoms with van der Waals surface area (Å²) in [4.78, 5) is 40.7. The highest BCUT2D eigenvalue weighted by Crippen LogP contribution is 2.12. The Morgan fingerprint density at radius 1 is 1.50 bits per heavy atom. The molecule has 2 heterocycles. The second kappa shape index (κ2) is 5.68. The summed E-state index contributed by atoms with van der Waals surface area (Å²) in [7, 11) is 0. The van der Waals surface area contributed by atoms with Gasteiger partial charge < -0.3 is 10.6 Å². The van der Waals surface area contributed by atoms with Crippen LogP contribution in [0.2, 0.25) is 0 Å². The summed E-state index contributed by atoms with van der Waals surface area (Å²) in [5.74, 6) is -1.18. The van der Waals surface area contributed by atoms with Gasteiger partial charge in [-0.15, -0.1) is 0 Å². The molecule has 1 atom stereocenters. The van der Waals surface area contributed by atoms with E-state index in [1.807, 2.05) is 0 Å². The third kappa shape index (κ3) is 2.93. The predicted molar refractivity (Wildman–Crippen MR) is 71.3 cm³/mol. The van der Waals surface area contributed by atoms with Crippen molar-refractivity contribution in [1.82, 2.24) is 15.2 Å². The molecule has 1 aliphatic heterocycles. The molecule has 106 valence electrons. The van der Waals surface area contributed by atoms with E-state index >= 15 is 0 Å². The fraction of sp³-hybridized carbons (Fsp3) is 0.385. The molecule has 1 fully saturated rings. The lowest BCUT2D eigenvalue weighted by Crippen LogP contribution is -2.59. The molecular weight excluding hydrogens is 260 g/mol. The van der Waals surface area contributed by atoms with Gasteiger partial charge in [0, 0.05) is 5.69 Å². The van der Waals surface area contributed by atoms with Gasteiger partial charge in [-0.05, 0) is 18.6 Å². The van der Waals surface area contributed by atoms with Crippen LogP contribution in [0.3, 0.4) is 0 Å². The summed E-state index contributed by atoms with van der Waals surface area (Å²) in [5.41, 5.74) is 6.59. The minimum atomic E-state index is -0.603. The standard InChI is InChI=1S/C13H16N4O3/c1-2-10-13(20)16-11(18)7-17(10)12(19)5-9-4-3-8(14)6-15-9/h3-4,6,10H,2,5,7,14H2,1H3,(H,16,18,20). The van der Waals surface area contributed by atoms with Crippen molar-refractivity contribution >= 4 is 23.4 Å². The van der Waals surface area contributed by atoms with Crippen LogP contribution in [0.5, 0.6) is 0 Å². The summed E-state index contributed by atoms with van der Waals surface area (Å²) in [6.07, 6.45) is 1.96. The summed E-state index contributed by atoms with van der Waals surface area (Å²) >= 11 is 0. The van der Waals surface area contributed by atoms with Gasteiger partial charge in [-0.25, -0.2) is 0 Å². The number of nitrogens with zero attached hydrogens (tertiary/aromatic N) is 2. The van der Waals surface area contributed by atoms with E-state index in [0.717, 1.165) is 0 Å². The first kappa shape index (κ1) is 14.0. The number of amides is 3. The number of hydrogen-bond donors (Lipinski definition) is 2. The van der Waals surface area contributed by atoms with Crippen LogP contribution in [0.15, 0.2) is 18.3 Å². The molecule has 7 heteroatoms. The molecule has 0 saturated carbocycles. The zero-order chi connectivity index (χ0) is 14.7. The normalized spacial score (nSPS) is 18.9. The molecule has 3 amide bonds. The van der Waals surface area contributed by atoms with Gasteiger partial charge in [-0.2, -0.15) is 0 Å². The molecule has 0 aliphatic carbocycles. The van der Waals surface area contributed by atoms with E-state index in [2.05, 4.69) is 10.3 Å². The van der Waals surface area contributed by atoms with Gasteiger partial charge in [0.15, 0.2) is 0 Å². The van der Waals surface area contributed by atoms with Crippen molar-refractivity contribution in [2.24, 2.45) is 0 Å². The highest BCUT2D eigenvalue weighted by Gasteiger charge is 2.35. The summed E-state index contributed by atoms with van der Waals surface area (Å²) in [5, 5.41) is 2.23. The van der Waals surface area contributed by atoms with Gasteiger partial charge in [0.2, 0.25) is 17.7 Å². The zero-order valence-corrected chi connectivity index (χ0v) is 11.1. The van der Waals surface area contributed by atoms with Crippen molar-refractivity contribution in [1.29, 1.82) is 0 Å². The Bertz CT molecular complexity index is 541. The first-order chi connectivity index (χ1) is 9.51. The van der Waals surface area contributed by atoms with Crippen LogP contribution < -0.4 is 11.1 Å². The molecule has 20 heavy (non-hydrogen) atoms. The van der Waals surface area contributed by atoms with Crippen LogP contribution in [0.25, 0.3) is 0 Å². The van der Waals surface area contributed by atoms with Crippen molar-refractivity contribution in [2.75, 3.05) is 12.3 Å². The minimum Gasteiger partial charge on any atom is -0.397 e. The third-order valence-corrected chi connectivity index (χ3v) is 3.14. The first-order valence-corrected chi connectivity index (χ1v) is 6.34. The number of hydrogen-bond acceptors (Lipinski definition) is 5. The number of nitrogens with one attached hydrogen (secondary N) is 1. The molecule has 7 nitrogen and oxygen atoms in total. The maximum Gasteiger partial charge on any atom is 0.249 e. The Kier molecular flexibility index (Phi) is 3.97. The summed E-state index contributed by atoms with van der Waals surface area (Å²) in [6.45, 7) is 1.69. The maximum absolute atomic E-state index is 12.2. The lowest BCUT2D eigenvalue weighted by Gasteiger charge is -2.33. The number of nitrogen functional groups attached to an aromatic ring is 1. The zero-order valence-electron chi connectivity index (χ0n) is 11.1. The van der Waals surface area contributed by atoms with E-state index in [-0.39, 0.29) is 18.9 Å². The van der Waals surface area contributed by atoms with Crippen molar-refractivity contribution < 1.29 is 14.4 Å². The molecule has 3 N–H and O–H groups in total. The molecule has 0 aromatic carbocycles. The fourth-order valence-electron chi connectivity index (χ4n) is 2.13. The van der Waals surface area contributed by atoms with Gasteiger partial charge in [-0.1, -0.05) is 6.92 Å². The molecular formula is C13H16N4O3. The van der Waals surface area contributed by atoms with E-state index in [0.29, 0.717) is 17.8 Å². The molecule has 1 aliphatic rings. The van der Waals surface area contributed by atoms with Crippen LogP contribution in [0.1, 0.15) is 19.0 Å². The first-order valence-electron chi connectivity index (χ1n) is 6.34. The number of nitrogens with two attached hydrogens (primary N) is 1. The quantitative estimate of drug-likeness (QED) is 0.722. The number of pyridine rings is 1. The number of carbonyl (C=O) groups excluding carboxylic acids is 3. The average Bonchev–Trinajstić information content (AvgIpc) is 2.40. The minimum absolute atomic E-state index is 0.0390. The SMILES string of the molecule is CCC1C(=O)NC(=O)CN1C(=O)Cc1ccc(N)cn1. The largest absolute Gasteiger partial charge is 0.397 e. The van der Waals surface area contributed by atoms with E-state index in [4.69, 9.17) is 5.73 Å². The Labute approximate surface area is 116 Å². The number of imide groups is 1. The van der Waals surface area contributed by atoms with Gasteiger partial charge in [0.05, 0.1) is 18.3 Å². The Balaban J connectivity index is 2.11. The second-order valence-corrected chi connectivity index (χ2v) is 4.62. The van der Waals surface area contributed by atoms with Gasteiger partial charge in [0.25, 0.3) is 0 Å². The van der Waals surface area contributed by atoms with E-state index in [1.54, 1.807) is 19.1 Å². The second-order valence-electron chi connectivity index (χ2n) is 4.62. The number of carbonyl (C=O) groups is 3. The predicted octanol–water partition coefficient (Wildman–Crippen LogP) is -0.530. The monoisotopic (exact) mass is 276 g/mol. The molecule has 1 aromatic rings. The fourth-order valence-corrected chi connectivity index (χ4v) is 2.13. The number of anilines is 1. The van der Waals surface area contributed by atoms with Gasteiger partial charge >= 0.3 is 0 Å². The molecule has 0 spiro atoms. The van der Waals surface area contributed by atoms with Crippen molar-refractivity contribution in [3.05, 3.63) is 24.0 Å². The third-order valence-electron chi connectivity index (χ3n) is 3.14. The lowest BCUT2D eigenvalue weighted by molar-refractivity contribution is -0.149.